The topological polar surface area (TPSA) is 102 Å². The Labute approximate surface area is 177 Å². The van der Waals surface area contributed by atoms with Gasteiger partial charge in [-0.25, -0.2) is 4.98 Å². The van der Waals surface area contributed by atoms with E-state index < -0.39 is 0 Å². The Morgan fingerprint density at radius 1 is 1.17 bits per heavy atom. The second-order valence-electron chi connectivity index (χ2n) is 6.36. The Morgan fingerprint density at radius 2 is 2.00 bits per heavy atom. The lowest BCUT2D eigenvalue weighted by molar-refractivity contribution is -0.116. The molecule has 0 saturated carbocycles. The molecule has 10 heteroatoms. The molecule has 2 aromatic heterocycles. The smallest absolute Gasteiger partial charge is 0.236 e. The van der Waals surface area contributed by atoms with E-state index in [1.165, 1.54) is 23.1 Å². The van der Waals surface area contributed by atoms with Gasteiger partial charge in [-0.1, -0.05) is 23.9 Å². The summed E-state index contributed by atoms with van der Waals surface area (Å²) in [6, 6.07) is 5.93. The molecular weight excluding hydrogens is 408 g/mol. The third kappa shape index (κ3) is 5.64. The number of carbonyl (C=O) groups excluding carboxylic acids is 2. The summed E-state index contributed by atoms with van der Waals surface area (Å²) in [5, 5.41) is 16.9. The molecule has 3 rings (SSSR count). The summed E-state index contributed by atoms with van der Waals surface area (Å²) in [4.78, 5) is 28.6. The fraction of sp³-hybridized carbons (Fsp3) is 0.316. The van der Waals surface area contributed by atoms with Gasteiger partial charge in [0.05, 0.1) is 12.2 Å². The molecule has 0 bridgehead atoms. The summed E-state index contributed by atoms with van der Waals surface area (Å²) < 4.78 is 1.85. The monoisotopic (exact) mass is 430 g/mol. The highest BCUT2D eigenvalue weighted by atomic mass is 32.2. The van der Waals surface area contributed by atoms with Crippen molar-refractivity contribution in [3.05, 3.63) is 46.7 Å². The fourth-order valence-corrected chi connectivity index (χ4v) is 4.02. The third-order valence-electron chi connectivity index (χ3n) is 4.11. The van der Waals surface area contributed by atoms with Gasteiger partial charge in [0, 0.05) is 23.8 Å². The molecule has 2 heterocycles. The molecule has 0 fully saturated rings. The zero-order chi connectivity index (χ0) is 20.8. The number of hydrogen-bond acceptors (Lipinski definition) is 7. The first-order chi connectivity index (χ1) is 14.0. The van der Waals surface area contributed by atoms with Gasteiger partial charge in [0.2, 0.25) is 11.8 Å². The van der Waals surface area contributed by atoms with Crippen LogP contribution in [-0.4, -0.2) is 37.3 Å². The molecule has 0 aliphatic carbocycles. The molecule has 8 nitrogen and oxygen atoms in total. The van der Waals surface area contributed by atoms with Gasteiger partial charge in [0.15, 0.2) is 10.3 Å². The molecule has 152 valence electrons. The summed E-state index contributed by atoms with van der Waals surface area (Å²) in [5.41, 5.74) is 2.88. The molecule has 0 spiro atoms. The average Bonchev–Trinajstić information content (AvgIpc) is 3.32. The first kappa shape index (κ1) is 21.0. The van der Waals surface area contributed by atoms with Crippen LogP contribution in [0, 0.1) is 13.8 Å². The van der Waals surface area contributed by atoms with Crippen molar-refractivity contribution in [1.29, 1.82) is 0 Å². The molecular formula is C19H22N6O2S2. The van der Waals surface area contributed by atoms with Crippen molar-refractivity contribution < 1.29 is 9.59 Å². The lowest BCUT2D eigenvalue weighted by Crippen LogP contribution is -2.18. The highest BCUT2D eigenvalue weighted by Gasteiger charge is 2.16. The van der Waals surface area contributed by atoms with Crippen LogP contribution in [-0.2, 0) is 22.6 Å². The van der Waals surface area contributed by atoms with Gasteiger partial charge in [-0.05, 0) is 38.0 Å². The summed E-state index contributed by atoms with van der Waals surface area (Å²) >= 11 is 2.64. The van der Waals surface area contributed by atoms with E-state index in [9.17, 15) is 9.59 Å². The number of aryl methyl sites for hydroxylation is 2. The van der Waals surface area contributed by atoms with Gasteiger partial charge in [0.1, 0.15) is 5.82 Å². The van der Waals surface area contributed by atoms with E-state index >= 15 is 0 Å². The van der Waals surface area contributed by atoms with Crippen molar-refractivity contribution in [1.82, 2.24) is 19.7 Å². The number of amides is 2. The molecule has 3 aromatic rings. The molecule has 0 atom stereocenters. The van der Waals surface area contributed by atoms with Crippen molar-refractivity contribution in [3.8, 4) is 0 Å². The van der Waals surface area contributed by atoms with Crippen LogP contribution in [0.15, 0.2) is 34.9 Å². The van der Waals surface area contributed by atoms with Gasteiger partial charge in [-0.3, -0.25) is 9.59 Å². The zero-order valence-electron chi connectivity index (χ0n) is 16.4. The Morgan fingerprint density at radius 3 is 2.72 bits per heavy atom. The number of rotatable bonds is 8. The Kier molecular flexibility index (Phi) is 6.99. The number of benzene rings is 1. The number of nitrogens with zero attached hydrogens (tertiary/aromatic N) is 4. The number of hydrogen-bond donors (Lipinski definition) is 2. The normalized spacial score (nSPS) is 10.7. The molecule has 2 N–H and O–H groups in total. The summed E-state index contributed by atoms with van der Waals surface area (Å²) in [6.07, 6.45) is 1.75. The van der Waals surface area contributed by atoms with E-state index in [0.717, 1.165) is 16.8 Å². The molecule has 29 heavy (non-hydrogen) atoms. The van der Waals surface area contributed by atoms with Gasteiger partial charge >= 0.3 is 0 Å². The molecule has 0 unspecified atom stereocenters. The Balaban J connectivity index is 1.60. The number of nitrogens with one attached hydrogen (secondary N) is 2. The lowest BCUT2D eigenvalue weighted by Gasteiger charge is -2.10. The van der Waals surface area contributed by atoms with Gasteiger partial charge < -0.3 is 15.2 Å². The van der Waals surface area contributed by atoms with Crippen molar-refractivity contribution in [2.24, 2.45) is 0 Å². The maximum absolute atomic E-state index is 12.5. The van der Waals surface area contributed by atoms with E-state index in [2.05, 4.69) is 25.8 Å². The first-order valence-corrected chi connectivity index (χ1v) is 10.9. The van der Waals surface area contributed by atoms with Crippen LogP contribution in [0.3, 0.4) is 0 Å². The molecule has 0 aliphatic heterocycles. The van der Waals surface area contributed by atoms with E-state index in [4.69, 9.17) is 0 Å². The van der Waals surface area contributed by atoms with Crippen LogP contribution in [0.4, 0.5) is 10.8 Å². The number of aromatic nitrogens is 4. The predicted octanol–water partition coefficient (Wildman–Crippen LogP) is 3.28. The predicted molar refractivity (Wildman–Crippen MR) is 115 cm³/mol. The van der Waals surface area contributed by atoms with Crippen LogP contribution in [0.1, 0.15) is 23.9 Å². The minimum Gasteiger partial charge on any atom is -0.325 e. The number of carbonyl (C=O) groups is 2. The Bertz CT molecular complexity index is 1000. The maximum atomic E-state index is 12.5. The van der Waals surface area contributed by atoms with Crippen molar-refractivity contribution in [2.45, 2.75) is 38.9 Å². The van der Waals surface area contributed by atoms with Crippen LogP contribution in [0.2, 0.25) is 0 Å². The minimum absolute atomic E-state index is 0.111. The standard InChI is InChI=1S/C19H22N6O2S2/c1-4-25-15(10-16(26)21-14-9-12(2)5-6-13(14)3)23-24-19(25)29-11-17(27)22-18-20-7-8-28-18/h5-9H,4,10-11H2,1-3H3,(H,21,26)(H,20,22,27). The van der Waals surface area contributed by atoms with Crippen molar-refractivity contribution in [2.75, 3.05) is 16.4 Å². The summed E-state index contributed by atoms with van der Waals surface area (Å²) in [7, 11) is 0. The van der Waals surface area contributed by atoms with Crippen molar-refractivity contribution in [3.63, 3.8) is 0 Å². The van der Waals surface area contributed by atoms with E-state index in [-0.39, 0.29) is 24.0 Å². The highest BCUT2D eigenvalue weighted by molar-refractivity contribution is 7.99. The number of thioether (sulfide) groups is 1. The second-order valence-corrected chi connectivity index (χ2v) is 8.20. The third-order valence-corrected chi connectivity index (χ3v) is 5.76. The molecule has 1 aromatic carbocycles. The first-order valence-electron chi connectivity index (χ1n) is 9.07. The van der Waals surface area contributed by atoms with E-state index in [1.54, 1.807) is 11.6 Å². The fourth-order valence-electron chi connectivity index (χ4n) is 2.65. The highest BCUT2D eigenvalue weighted by Crippen LogP contribution is 2.20. The lowest BCUT2D eigenvalue weighted by atomic mass is 10.1. The van der Waals surface area contributed by atoms with Gasteiger partial charge in [-0.15, -0.1) is 21.5 Å². The van der Waals surface area contributed by atoms with Gasteiger partial charge in [0.25, 0.3) is 0 Å². The Hall–Kier alpha value is -2.72. The van der Waals surface area contributed by atoms with Crippen molar-refractivity contribution >= 4 is 45.7 Å². The zero-order valence-corrected chi connectivity index (χ0v) is 18.1. The quantitative estimate of drug-likeness (QED) is 0.532. The molecule has 0 radical (unpaired) electrons. The van der Waals surface area contributed by atoms with E-state index in [0.29, 0.717) is 22.7 Å². The van der Waals surface area contributed by atoms with Crippen LogP contribution >= 0.6 is 23.1 Å². The van der Waals surface area contributed by atoms with Crippen LogP contribution in [0.25, 0.3) is 0 Å². The maximum Gasteiger partial charge on any atom is 0.236 e. The van der Waals surface area contributed by atoms with Crippen LogP contribution < -0.4 is 10.6 Å². The SMILES string of the molecule is CCn1c(CC(=O)Nc2cc(C)ccc2C)nnc1SCC(=O)Nc1nccs1. The number of anilines is 2. The second kappa shape index (κ2) is 9.66. The minimum atomic E-state index is -0.162. The van der Waals surface area contributed by atoms with Gasteiger partial charge in [-0.2, -0.15) is 0 Å². The number of thiazole rings is 1. The summed E-state index contributed by atoms with van der Waals surface area (Å²) in [5.74, 6) is 0.439. The average molecular weight is 431 g/mol. The molecule has 0 aliphatic rings. The van der Waals surface area contributed by atoms with Crippen LogP contribution in [0.5, 0.6) is 0 Å². The van der Waals surface area contributed by atoms with E-state index in [1.807, 2.05) is 43.5 Å². The molecule has 2 amide bonds. The summed E-state index contributed by atoms with van der Waals surface area (Å²) in [6.45, 7) is 6.50. The largest absolute Gasteiger partial charge is 0.325 e. The molecule has 0 saturated heterocycles.